The first-order valence-corrected chi connectivity index (χ1v) is 6.98. The molecule has 0 aliphatic rings. The van der Waals surface area contributed by atoms with Gasteiger partial charge in [-0.25, -0.2) is 0 Å². The van der Waals surface area contributed by atoms with Crippen molar-refractivity contribution in [3.05, 3.63) is 50.7 Å². The standard InChI is InChI=1S/C13H10BrCl2NO2/c1-7(18)12-3-2-8(6-17-12)19-13-5-10(15)9(14)4-11(13)16/h2-7,18H,1H3/t7-/m1/s1. The first-order valence-electron chi connectivity index (χ1n) is 5.44. The molecular formula is C13H10BrCl2NO2. The number of ether oxygens (including phenoxy) is 1. The Hall–Kier alpha value is -0.810. The predicted octanol–water partition coefficient (Wildman–Crippen LogP) is 5.00. The highest BCUT2D eigenvalue weighted by atomic mass is 79.9. The lowest BCUT2D eigenvalue weighted by molar-refractivity contribution is 0.194. The van der Waals surface area contributed by atoms with Crippen molar-refractivity contribution >= 4 is 39.1 Å². The van der Waals surface area contributed by atoms with Gasteiger partial charge in [0.2, 0.25) is 0 Å². The quantitative estimate of drug-likeness (QED) is 0.781. The first kappa shape index (κ1) is 14.6. The number of aliphatic hydroxyl groups excluding tert-OH is 1. The van der Waals surface area contributed by atoms with Crippen LogP contribution in [0.2, 0.25) is 10.0 Å². The minimum absolute atomic E-state index is 0.441. The molecule has 1 aromatic heterocycles. The van der Waals surface area contributed by atoms with E-state index in [0.29, 0.717) is 31.7 Å². The number of aromatic nitrogens is 1. The molecule has 1 N–H and O–H groups in total. The maximum atomic E-state index is 9.37. The fourth-order valence-electron chi connectivity index (χ4n) is 1.41. The fourth-order valence-corrected chi connectivity index (χ4v) is 2.24. The van der Waals surface area contributed by atoms with Crippen molar-refractivity contribution < 1.29 is 9.84 Å². The molecule has 0 aliphatic heterocycles. The Morgan fingerprint density at radius 2 is 2.00 bits per heavy atom. The minimum atomic E-state index is -0.611. The zero-order valence-electron chi connectivity index (χ0n) is 9.90. The Morgan fingerprint density at radius 3 is 2.58 bits per heavy atom. The smallest absolute Gasteiger partial charge is 0.147 e. The molecule has 0 bridgehead atoms. The molecule has 0 radical (unpaired) electrons. The van der Waals surface area contributed by atoms with Crippen LogP contribution in [-0.2, 0) is 0 Å². The van der Waals surface area contributed by atoms with Crippen molar-refractivity contribution in [1.82, 2.24) is 4.98 Å². The zero-order valence-corrected chi connectivity index (χ0v) is 13.0. The molecule has 2 rings (SSSR count). The van der Waals surface area contributed by atoms with Crippen LogP contribution in [0.15, 0.2) is 34.9 Å². The summed E-state index contributed by atoms with van der Waals surface area (Å²) in [6.45, 7) is 1.65. The Bertz CT molecular complexity index is 588. The third-order valence-electron chi connectivity index (χ3n) is 2.39. The molecule has 0 saturated carbocycles. The van der Waals surface area contributed by atoms with Gasteiger partial charge in [-0.15, -0.1) is 0 Å². The third-order valence-corrected chi connectivity index (χ3v) is 3.88. The van der Waals surface area contributed by atoms with E-state index in [0.717, 1.165) is 0 Å². The van der Waals surface area contributed by atoms with Crippen molar-refractivity contribution in [3.63, 3.8) is 0 Å². The number of halogens is 3. The maximum Gasteiger partial charge on any atom is 0.147 e. The van der Waals surface area contributed by atoms with Gasteiger partial charge in [0.15, 0.2) is 0 Å². The normalized spacial score (nSPS) is 12.3. The molecule has 0 saturated heterocycles. The van der Waals surface area contributed by atoms with Gasteiger partial charge in [-0.1, -0.05) is 23.2 Å². The van der Waals surface area contributed by atoms with E-state index in [1.807, 2.05) is 0 Å². The van der Waals surface area contributed by atoms with E-state index in [4.69, 9.17) is 27.9 Å². The second kappa shape index (κ2) is 6.09. The molecule has 6 heteroatoms. The first-order chi connectivity index (χ1) is 8.97. The molecule has 0 unspecified atom stereocenters. The lowest BCUT2D eigenvalue weighted by Crippen LogP contribution is -1.95. The molecule has 19 heavy (non-hydrogen) atoms. The summed E-state index contributed by atoms with van der Waals surface area (Å²) < 4.78 is 6.30. The maximum absolute atomic E-state index is 9.37. The highest BCUT2D eigenvalue weighted by Gasteiger charge is 2.09. The van der Waals surface area contributed by atoms with Crippen LogP contribution >= 0.6 is 39.1 Å². The van der Waals surface area contributed by atoms with Gasteiger partial charge in [-0.2, -0.15) is 0 Å². The van der Waals surface area contributed by atoms with E-state index in [2.05, 4.69) is 20.9 Å². The van der Waals surface area contributed by atoms with Gasteiger partial charge in [0.05, 0.1) is 28.0 Å². The zero-order chi connectivity index (χ0) is 14.0. The Morgan fingerprint density at radius 1 is 1.26 bits per heavy atom. The molecule has 1 heterocycles. The molecule has 100 valence electrons. The number of pyridine rings is 1. The summed E-state index contributed by atoms with van der Waals surface area (Å²) in [6, 6.07) is 6.68. The summed E-state index contributed by atoms with van der Waals surface area (Å²) in [5.41, 5.74) is 0.576. The average Bonchev–Trinajstić information content (AvgIpc) is 2.36. The van der Waals surface area contributed by atoms with Gasteiger partial charge in [-0.3, -0.25) is 4.98 Å². The number of hydrogen-bond donors (Lipinski definition) is 1. The molecule has 3 nitrogen and oxygen atoms in total. The van der Waals surface area contributed by atoms with Crippen molar-refractivity contribution in [2.75, 3.05) is 0 Å². The lowest BCUT2D eigenvalue weighted by Gasteiger charge is -2.10. The van der Waals surface area contributed by atoms with Crippen LogP contribution in [0.5, 0.6) is 11.5 Å². The number of rotatable bonds is 3. The van der Waals surface area contributed by atoms with Gasteiger partial charge in [0, 0.05) is 10.5 Å². The largest absolute Gasteiger partial charge is 0.454 e. The van der Waals surface area contributed by atoms with Gasteiger partial charge in [-0.05, 0) is 41.1 Å². The van der Waals surface area contributed by atoms with Crippen LogP contribution in [0.4, 0.5) is 0 Å². The van der Waals surface area contributed by atoms with Crippen LogP contribution in [0.1, 0.15) is 18.7 Å². The van der Waals surface area contributed by atoms with Crippen LogP contribution < -0.4 is 4.74 Å². The van der Waals surface area contributed by atoms with Gasteiger partial charge < -0.3 is 9.84 Å². The van der Waals surface area contributed by atoms with E-state index in [9.17, 15) is 5.11 Å². The second-order valence-electron chi connectivity index (χ2n) is 3.89. The summed E-state index contributed by atoms with van der Waals surface area (Å²) in [5.74, 6) is 0.964. The molecule has 0 fully saturated rings. The lowest BCUT2D eigenvalue weighted by atomic mass is 10.2. The fraction of sp³-hybridized carbons (Fsp3) is 0.154. The molecule has 1 atom stereocenters. The van der Waals surface area contributed by atoms with Gasteiger partial charge >= 0.3 is 0 Å². The Labute approximate surface area is 129 Å². The molecule has 1 aromatic carbocycles. The van der Waals surface area contributed by atoms with Crippen LogP contribution in [0.3, 0.4) is 0 Å². The number of nitrogens with zero attached hydrogens (tertiary/aromatic N) is 1. The van der Waals surface area contributed by atoms with E-state index < -0.39 is 6.10 Å². The summed E-state index contributed by atoms with van der Waals surface area (Å²) in [5, 5.41) is 10.3. The molecule has 0 spiro atoms. The number of hydrogen-bond acceptors (Lipinski definition) is 3. The van der Waals surface area contributed by atoms with Crippen LogP contribution in [0.25, 0.3) is 0 Å². The molecule has 0 aliphatic carbocycles. The van der Waals surface area contributed by atoms with Crippen molar-refractivity contribution in [3.8, 4) is 11.5 Å². The number of aliphatic hydroxyl groups is 1. The second-order valence-corrected chi connectivity index (χ2v) is 5.56. The average molecular weight is 363 g/mol. The van der Waals surface area contributed by atoms with Gasteiger partial charge in [0.25, 0.3) is 0 Å². The highest BCUT2D eigenvalue weighted by Crippen LogP contribution is 2.36. The monoisotopic (exact) mass is 361 g/mol. The van der Waals surface area contributed by atoms with Crippen molar-refractivity contribution in [2.45, 2.75) is 13.0 Å². The molecule has 2 aromatic rings. The number of benzene rings is 1. The van der Waals surface area contributed by atoms with E-state index in [1.165, 1.54) is 6.20 Å². The minimum Gasteiger partial charge on any atom is -0.454 e. The topological polar surface area (TPSA) is 42.4 Å². The molecular weight excluding hydrogens is 353 g/mol. The van der Waals surface area contributed by atoms with Gasteiger partial charge in [0.1, 0.15) is 11.5 Å². The van der Waals surface area contributed by atoms with E-state index in [1.54, 1.807) is 31.2 Å². The molecule has 0 amide bonds. The summed E-state index contributed by atoms with van der Waals surface area (Å²) >= 11 is 15.3. The van der Waals surface area contributed by atoms with Crippen molar-refractivity contribution in [1.29, 1.82) is 0 Å². The van der Waals surface area contributed by atoms with Crippen molar-refractivity contribution in [2.24, 2.45) is 0 Å². The Kier molecular flexibility index (Phi) is 4.68. The Balaban J connectivity index is 2.24. The predicted molar refractivity (Wildman–Crippen MR) is 79.1 cm³/mol. The van der Waals surface area contributed by atoms with E-state index in [-0.39, 0.29) is 0 Å². The summed E-state index contributed by atoms with van der Waals surface area (Å²) in [4.78, 5) is 4.08. The van der Waals surface area contributed by atoms with Crippen LogP contribution in [-0.4, -0.2) is 10.1 Å². The third kappa shape index (κ3) is 3.60. The highest BCUT2D eigenvalue weighted by molar-refractivity contribution is 9.10. The summed E-state index contributed by atoms with van der Waals surface area (Å²) in [7, 11) is 0. The van der Waals surface area contributed by atoms with Crippen LogP contribution in [0, 0.1) is 0 Å². The summed E-state index contributed by atoms with van der Waals surface area (Å²) in [6.07, 6.45) is 0.911. The SMILES string of the molecule is C[C@@H](O)c1ccc(Oc2cc(Cl)c(Br)cc2Cl)cn1. The van der Waals surface area contributed by atoms with E-state index >= 15 is 0 Å².